The lowest BCUT2D eigenvalue weighted by Crippen LogP contribution is -2.09. The third-order valence-electron chi connectivity index (χ3n) is 3.46. The fraction of sp³-hybridized carbons (Fsp3) is 0.176. The number of rotatable bonds is 3. The van der Waals surface area contributed by atoms with Crippen LogP contribution in [0.5, 0.6) is 0 Å². The molecule has 0 bridgehead atoms. The second kappa shape index (κ2) is 4.81. The fourth-order valence-corrected chi connectivity index (χ4v) is 2.41. The summed E-state index contributed by atoms with van der Waals surface area (Å²) < 4.78 is 2.30. The molecule has 0 aliphatic heterocycles. The first-order valence-corrected chi connectivity index (χ1v) is 6.54. The van der Waals surface area contributed by atoms with Crippen molar-refractivity contribution in [2.75, 3.05) is 19.0 Å². The van der Waals surface area contributed by atoms with Crippen LogP contribution in [-0.4, -0.2) is 18.7 Å². The summed E-state index contributed by atoms with van der Waals surface area (Å²) in [6.07, 6.45) is 2.16. The van der Waals surface area contributed by atoms with Gasteiger partial charge in [0, 0.05) is 38.0 Å². The Kier molecular flexibility index (Phi) is 3.00. The number of hydrogen-bond acceptors (Lipinski definition) is 1. The van der Waals surface area contributed by atoms with E-state index in [-0.39, 0.29) is 0 Å². The summed E-state index contributed by atoms with van der Waals surface area (Å²) in [6, 6.07) is 19.4. The summed E-state index contributed by atoms with van der Waals surface area (Å²) in [7, 11) is 4.15. The van der Waals surface area contributed by atoms with Gasteiger partial charge in [-0.15, -0.1) is 0 Å². The van der Waals surface area contributed by atoms with E-state index >= 15 is 0 Å². The van der Waals surface area contributed by atoms with Gasteiger partial charge in [0.2, 0.25) is 0 Å². The number of fused-ring (bicyclic) bond motifs is 1. The van der Waals surface area contributed by atoms with E-state index in [1.807, 2.05) is 0 Å². The van der Waals surface area contributed by atoms with Crippen molar-refractivity contribution in [2.24, 2.45) is 0 Å². The maximum atomic E-state index is 2.30. The summed E-state index contributed by atoms with van der Waals surface area (Å²) >= 11 is 0. The maximum Gasteiger partial charge on any atom is 0.0483 e. The predicted octanol–water partition coefficient (Wildman–Crippen LogP) is 3.76. The van der Waals surface area contributed by atoms with Crippen LogP contribution in [0.2, 0.25) is 0 Å². The molecule has 0 atom stereocenters. The number of hydrogen-bond donors (Lipinski definition) is 0. The topological polar surface area (TPSA) is 8.17 Å². The molecule has 0 N–H and O–H groups in total. The molecule has 1 heterocycles. The Labute approximate surface area is 113 Å². The molecule has 0 amide bonds. The molecule has 0 saturated heterocycles. The highest BCUT2D eigenvalue weighted by Gasteiger charge is 2.02. The molecule has 2 heteroatoms. The Morgan fingerprint density at radius 2 is 1.79 bits per heavy atom. The highest BCUT2D eigenvalue weighted by Crippen LogP contribution is 2.19. The second-order valence-corrected chi connectivity index (χ2v) is 5.07. The molecule has 0 spiro atoms. The lowest BCUT2D eigenvalue weighted by atomic mass is 10.2. The van der Waals surface area contributed by atoms with Crippen molar-refractivity contribution in [2.45, 2.75) is 6.54 Å². The SMILES string of the molecule is CN(C)c1cccc(Cn2ccc3ccccc32)c1. The van der Waals surface area contributed by atoms with Crippen molar-refractivity contribution in [3.8, 4) is 0 Å². The normalized spacial score (nSPS) is 10.8. The first-order valence-electron chi connectivity index (χ1n) is 6.54. The average molecular weight is 250 g/mol. The minimum atomic E-state index is 0.912. The second-order valence-electron chi connectivity index (χ2n) is 5.07. The molecule has 0 aliphatic carbocycles. The molecule has 3 aromatic rings. The number of benzene rings is 2. The molecular weight excluding hydrogens is 232 g/mol. The van der Waals surface area contributed by atoms with Crippen LogP contribution in [0.4, 0.5) is 5.69 Å². The van der Waals surface area contributed by atoms with E-state index in [9.17, 15) is 0 Å². The summed E-state index contributed by atoms with van der Waals surface area (Å²) in [5.74, 6) is 0. The predicted molar refractivity (Wildman–Crippen MR) is 81.8 cm³/mol. The van der Waals surface area contributed by atoms with E-state index in [1.54, 1.807) is 0 Å². The molecule has 1 aromatic heterocycles. The highest BCUT2D eigenvalue weighted by atomic mass is 15.1. The minimum absolute atomic E-state index is 0.912. The molecule has 0 radical (unpaired) electrons. The van der Waals surface area contributed by atoms with Crippen LogP contribution in [0.3, 0.4) is 0 Å². The Morgan fingerprint density at radius 3 is 2.63 bits per heavy atom. The zero-order valence-corrected chi connectivity index (χ0v) is 11.4. The molecule has 0 unspecified atom stereocenters. The zero-order valence-electron chi connectivity index (χ0n) is 11.4. The van der Waals surface area contributed by atoms with Crippen molar-refractivity contribution >= 4 is 16.6 Å². The zero-order chi connectivity index (χ0) is 13.2. The molecular formula is C17H18N2. The Morgan fingerprint density at radius 1 is 0.947 bits per heavy atom. The van der Waals surface area contributed by atoms with Crippen LogP contribution >= 0.6 is 0 Å². The van der Waals surface area contributed by atoms with Crippen LogP contribution in [0.15, 0.2) is 60.8 Å². The number of aromatic nitrogens is 1. The van der Waals surface area contributed by atoms with Crippen molar-refractivity contribution < 1.29 is 0 Å². The molecule has 0 aliphatic rings. The Bertz CT molecular complexity index is 695. The Balaban J connectivity index is 1.95. The average Bonchev–Trinajstić information content (AvgIpc) is 2.83. The van der Waals surface area contributed by atoms with Crippen LogP contribution in [0, 0.1) is 0 Å². The summed E-state index contributed by atoms with van der Waals surface area (Å²) in [4.78, 5) is 2.14. The van der Waals surface area contributed by atoms with Gasteiger partial charge in [0.1, 0.15) is 0 Å². The van der Waals surface area contributed by atoms with E-state index in [0.717, 1.165) is 6.54 Å². The van der Waals surface area contributed by atoms with Gasteiger partial charge in [0.05, 0.1) is 0 Å². The van der Waals surface area contributed by atoms with Gasteiger partial charge >= 0.3 is 0 Å². The van der Waals surface area contributed by atoms with E-state index in [2.05, 4.69) is 84.4 Å². The summed E-state index contributed by atoms with van der Waals surface area (Å²) in [5.41, 5.74) is 3.86. The first kappa shape index (κ1) is 11.8. The van der Waals surface area contributed by atoms with Crippen molar-refractivity contribution in [3.05, 3.63) is 66.4 Å². The van der Waals surface area contributed by atoms with E-state index in [4.69, 9.17) is 0 Å². The number of anilines is 1. The van der Waals surface area contributed by atoms with E-state index in [0.29, 0.717) is 0 Å². The fourth-order valence-electron chi connectivity index (χ4n) is 2.41. The van der Waals surface area contributed by atoms with Gasteiger partial charge in [-0.3, -0.25) is 0 Å². The van der Waals surface area contributed by atoms with Gasteiger partial charge in [-0.05, 0) is 35.2 Å². The van der Waals surface area contributed by atoms with E-state index < -0.39 is 0 Å². The molecule has 2 nitrogen and oxygen atoms in total. The lowest BCUT2D eigenvalue weighted by molar-refractivity contribution is 0.836. The van der Waals surface area contributed by atoms with E-state index in [1.165, 1.54) is 22.2 Å². The smallest absolute Gasteiger partial charge is 0.0483 e. The number of para-hydroxylation sites is 1. The molecule has 2 aromatic carbocycles. The monoisotopic (exact) mass is 250 g/mol. The van der Waals surface area contributed by atoms with Crippen molar-refractivity contribution in [1.29, 1.82) is 0 Å². The quantitative estimate of drug-likeness (QED) is 0.687. The molecule has 19 heavy (non-hydrogen) atoms. The van der Waals surface area contributed by atoms with Gasteiger partial charge < -0.3 is 9.47 Å². The van der Waals surface area contributed by atoms with Crippen molar-refractivity contribution in [3.63, 3.8) is 0 Å². The van der Waals surface area contributed by atoms with Gasteiger partial charge in [0.25, 0.3) is 0 Å². The highest BCUT2D eigenvalue weighted by molar-refractivity contribution is 5.80. The van der Waals surface area contributed by atoms with Crippen LogP contribution in [0.1, 0.15) is 5.56 Å². The largest absolute Gasteiger partial charge is 0.378 e. The Hall–Kier alpha value is -2.22. The van der Waals surface area contributed by atoms with Crippen LogP contribution < -0.4 is 4.90 Å². The summed E-state index contributed by atoms with van der Waals surface area (Å²) in [6.45, 7) is 0.912. The minimum Gasteiger partial charge on any atom is -0.378 e. The lowest BCUT2D eigenvalue weighted by Gasteiger charge is -2.14. The third kappa shape index (κ3) is 2.34. The van der Waals surface area contributed by atoms with Gasteiger partial charge in [-0.2, -0.15) is 0 Å². The third-order valence-corrected chi connectivity index (χ3v) is 3.46. The van der Waals surface area contributed by atoms with Gasteiger partial charge in [0.15, 0.2) is 0 Å². The molecule has 96 valence electrons. The van der Waals surface area contributed by atoms with Crippen LogP contribution in [0.25, 0.3) is 10.9 Å². The van der Waals surface area contributed by atoms with Gasteiger partial charge in [-0.1, -0.05) is 30.3 Å². The molecule has 0 fully saturated rings. The molecule has 0 saturated carbocycles. The van der Waals surface area contributed by atoms with Crippen LogP contribution in [-0.2, 0) is 6.54 Å². The summed E-state index contributed by atoms with van der Waals surface area (Å²) in [5, 5.41) is 1.30. The number of nitrogens with zero attached hydrogens (tertiary/aromatic N) is 2. The van der Waals surface area contributed by atoms with Gasteiger partial charge in [-0.25, -0.2) is 0 Å². The standard InChI is InChI=1S/C17H18N2/c1-18(2)16-8-5-6-14(12-16)13-19-11-10-15-7-3-4-9-17(15)19/h3-12H,13H2,1-2H3. The molecule has 3 rings (SSSR count). The maximum absolute atomic E-state index is 2.30. The van der Waals surface area contributed by atoms with Crippen molar-refractivity contribution in [1.82, 2.24) is 4.57 Å². The first-order chi connectivity index (χ1) is 9.24.